The quantitative estimate of drug-likeness (QED) is 0.835. The van der Waals surface area contributed by atoms with Crippen LogP contribution in [-0.2, 0) is 0 Å². The van der Waals surface area contributed by atoms with Gasteiger partial charge in [-0.15, -0.1) is 10.2 Å². The van der Waals surface area contributed by atoms with Crippen molar-refractivity contribution in [3.8, 4) is 11.5 Å². The number of nitrogens with two attached hydrogens (primary N) is 1. The van der Waals surface area contributed by atoms with Crippen molar-refractivity contribution in [1.82, 2.24) is 10.2 Å². The van der Waals surface area contributed by atoms with Crippen molar-refractivity contribution >= 4 is 5.69 Å². The highest BCUT2D eigenvalue weighted by atomic mass is 16.4. The Morgan fingerprint density at radius 3 is 2.58 bits per heavy atom. The van der Waals surface area contributed by atoms with Crippen molar-refractivity contribution in [1.29, 1.82) is 0 Å². The van der Waals surface area contributed by atoms with Crippen LogP contribution < -0.4 is 5.73 Å². The molecule has 1 aliphatic rings. The number of nitrogen functional groups attached to an aromatic ring is 1. The van der Waals surface area contributed by atoms with Crippen molar-refractivity contribution in [2.45, 2.75) is 45.4 Å². The third-order valence-electron chi connectivity index (χ3n) is 3.99. The molecule has 4 nitrogen and oxygen atoms in total. The molecule has 0 atom stereocenters. The largest absolute Gasteiger partial charge is 0.420 e. The van der Waals surface area contributed by atoms with Gasteiger partial charge in [-0.1, -0.05) is 18.9 Å². The first-order valence-electron chi connectivity index (χ1n) is 6.85. The minimum atomic E-state index is 0.448. The molecule has 0 bridgehead atoms. The number of hydrogen-bond acceptors (Lipinski definition) is 4. The standard InChI is InChI=1S/C15H19N3O/c1-9-7-10(2)13(16)8-12(9)15-18-17-14(19-15)11-5-3-4-6-11/h7-8,11H,3-6,16H2,1-2H3. The second-order valence-electron chi connectivity index (χ2n) is 5.45. The van der Waals surface area contributed by atoms with Gasteiger partial charge in [0.15, 0.2) is 0 Å². The van der Waals surface area contributed by atoms with Gasteiger partial charge in [0.25, 0.3) is 0 Å². The maximum atomic E-state index is 5.97. The minimum Gasteiger partial charge on any atom is -0.420 e. The Hall–Kier alpha value is -1.84. The van der Waals surface area contributed by atoms with Crippen LogP contribution in [0.2, 0.25) is 0 Å². The Balaban J connectivity index is 1.96. The van der Waals surface area contributed by atoms with Crippen LogP contribution in [0.5, 0.6) is 0 Å². The van der Waals surface area contributed by atoms with Crippen LogP contribution >= 0.6 is 0 Å². The van der Waals surface area contributed by atoms with Crippen molar-refractivity contribution in [2.24, 2.45) is 0 Å². The normalized spacial score (nSPS) is 16.1. The second-order valence-corrected chi connectivity index (χ2v) is 5.45. The summed E-state index contributed by atoms with van der Waals surface area (Å²) in [7, 11) is 0. The molecule has 1 heterocycles. The van der Waals surface area contributed by atoms with Gasteiger partial charge in [-0.25, -0.2) is 0 Å². The van der Waals surface area contributed by atoms with Crippen LogP contribution in [0.15, 0.2) is 16.5 Å². The molecular formula is C15H19N3O. The van der Waals surface area contributed by atoms with Crippen molar-refractivity contribution < 1.29 is 4.42 Å². The zero-order valence-corrected chi connectivity index (χ0v) is 11.4. The maximum absolute atomic E-state index is 5.97. The molecule has 1 saturated carbocycles. The van der Waals surface area contributed by atoms with Crippen LogP contribution in [0.3, 0.4) is 0 Å². The average Bonchev–Trinajstić information content (AvgIpc) is 3.03. The van der Waals surface area contributed by atoms with E-state index in [1.54, 1.807) is 0 Å². The van der Waals surface area contributed by atoms with E-state index in [0.717, 1.165) is 41.1 Å². The first-order valence-corrected chi connectivity index (χ1v) is 6.85. The maximum Gasteiger partial charge on any atom is 0.248 e. The lowest BCUT2D eigenvalue weighted by atomic mass is 10.0. The molecule has 2 N–H and O–H groups in total. The van der Waals surface area contributed by atoms with Crippen LogP contribution in [0.25, 0.3) is 11.5 Å². The first kappa shape index (κ1) is 12.2. The van der Waals surface area contributed by atoms with Gasteiger partial charge >= 0.3 is 0 Å². The lowest BCUT2D eigenvalue weighted by molar-refractivity contribution is 0.457. The summed E-state index contributed by atoms with van der Waals surface area (Å²) < 4.78 is 5.85. The van der Waals surface area contributed by atoms with E-state index in [0.29, 0.717) is 11.8 Å². The summed E-state index contributed by atoms with van der Waals surface area (Å²) in [5, 5.41) is 8.40. The molecule has 1 fully saturated rings. The Kier molecular flexibility index (Phi) is 3.01. The number of hydrogen-bond donors (Lipinski definition) is 1. The van der Waals surface area contributed by atoms with E-state index in [-0.39, 0.29) is 0 Å². The number of aromatic nitrogens is 2. The minimum absolute atomic E-state index is 0.448. The predicted molar refractivity (Wildman–Crippen MR) is 74.8 cm³/mol. The Bertz CT molecular complexity index is 597. The SMILES string of the molecule is Cc1cc(C)c(-c2nnc(C3CCCC3)o2)cc1N. The molecule has 19 heavy (non-hydrogen) atoms. The molecule has 1 aromatic heterocycles. The van der Waals surface area contributed by atoms with Gasteiger partial charge in [0.05, 0.1) is 0 Å². The molecule has 0 spiro atoms. The molecule has 4 heteroatoms. The van der Waals surface area contributed by atoms with Gasteiger partial charge in [0, 0.05) is 17.2 Å². The van der Waals surface area contributed by atoms with Gasteiger partial charge in [-0.05, 0) is 43.9 Å². The Morgan fingerprint density at radius 2 is 1.84 bits per heavy atom. The van der Waals surface area contributed by atoms with E-state index in [1.807, 2.05) is 19.9 Å². The van der Waals surface area contributed by atoms with Crippen LogP contribution in [0.1, 0.15) is 48.6 Å². The average molecular weight is 257 g/mol. The number of aryl methyl sites for hydroxylation is 2. The summed E-state index contributed by atoms with van der Waals surface area (Å²) in [6, 6.07) is 3.99. The van der Waals surface area contributed by atoms with Crippen LogP contribution in [0, 0.1) is 13.8 Å². The smallest absolute Gasteiger partial charge is 0.248 e. The van der Waals surface area contributed by atoms with E-state index < -0.39 is 0 Å². The van der Waals surface area contributed by atoms with Crippen molar-refractivity contribution in [3.63, 3.8) is 0 Å². The molecule has 2 aromatic rings. The highest BCUT2D eigenvalue weighted by Gasteiger charge is 2.23. The number of benzene rings is 1. The number of anilines is 1. The molecule has 3 rings (SSSR count). The number of rotatable bonds is 2. The van der Waals surface area contributed by atoms with E-state index in [9.17, 15) is 0 Å². The summed E-state index contributed by atoms with van der Waals surface area (Å²) in [5.74, 6) is 1.82. The summed E-state index contributed by atoms with van der Waals surface area (Å²) in [4.78, 5) is 0. The third-order valence-corrected chi connectivity index (χ3v) is 3.99. The van der Waals surface area contributed by atoms with Crippen molar-refractivity contribution in [2.75, 3.05) is 5.73 Å². The lowest BCUT2D eigenvalue weighted by Crippen LogP contribution is -1.93. The summed E-state index contributed by atoms with van der Waals surface area (Å²) in [6.45, 7) is 4.05. The third kappa shape index (κ3) is 2.23. The lowest BCUT2D eigenvalue weighted by Gasteiger charge is -2.06. The van der Waals surface area contributed by atoms with Gasteiger partial charge in [0.1, 0.15) is 0 Å². The Labute approximate surface area is 113 Å². The monoisotopic (exact) mass is 257 g/mol. The zero-order valence-electron chi connectivity index (χ0n) is 11.4. The van der Waals surface area contributed by atoms with Crippen LogP contribution in [-0.4, -0.2) is 10.2 Å². The van der Waals surface area contributed by atoms with E-state index in [4.69, 9.17) is 10.2 Å². The molecule has 0 amide bonds. The fourth-order valence-corrected chi connectivity index (χ4v) is 2.78. The Morgan fingerprint density at radius 1 is 1.11 bits per heavy atom. The van der Waals surface area contributed by atoms with Gasteiger partial charge < -0.3 is 10.2 Å². The van der Waals surface area contributed by atoms with Gasteiger partial charge in [-0.2, -0.15) is 0 Å². The molecule has 1 aromatic carbocycles. The zero-order chi connectivity index (χ0) is 13.4. The molecule has 0 radical (unpaired) electrons. The molecular weight excluding hydrogens is 238 g/mol. The fraction of sp³-hybridized carbons (Fsp3) is 0.467. The topological polar surface area (TPSA) is 64.9 Å². The summed E-state index contributed by atoms with van der Waals surface area (Å²) in [5.41, 5.74) is 9.87. The van der Waals surface area contributed by atoms with E-state index >= 15 is 0 Å². The molecule has 0 saturated heterocycles. The number of nitrogens with zero attached hydrogens (tertiary/aromatic N) is 2. The summed E-state index contributed by atoms with van der Waals surface area (Å²) >= 11 is 0. The second kappa shape index (κ2) is 4.68. The molecule has 1 aliphatic carbocycles. The summed E-state index contributed by atoms with van der Waals surface area (Å²) in [6.07, 6.45) is 4.85. The molecule has 100 valence electrons. The van der Waals surface area contributed by atoms with E-state index in [1.165, 1.54) is 12.8 Å². The highest BCUT2D eigenvalue weighted by molar-refractivity contribution is 5.66. The first-order chi connectivity index (χ1) is 9.15. The highest BCUT2D eigenvalue weighted by Crippen LogP contribution is 2.35. The van der Waals surface area contributed by atoms with Crippen molar-refractivity contribution in [3.05, 3.63) is 29.2 Å². The molecule has 0 unspecified atom stereocenters. The predicted octanol–water partition coefficient (Wildman–Crippen LogP) is 3.59. The van der Waals surface area contributed by atoms with E-state index in [2.05, 4.69) is 16.3 Å². The fourth-order valence-electron chi connectivity index (χ4n) is 2.78. The van der Waals surface area contributed by atoms with Gasteiger partial charge in [-0.3, -0.25) is 0 Å². The van der Waals surface area contributed by atoms with Crippen LogP contribution in [0.4, 0.5) is 5.69 Å². The van der Waals surface area contributed by atoms with Gasteiger partial charge in [0.2, 0.25) is 11.8 Å². The molecule has 0 aliphatic heterocycles.